The number of carbonyl (C=O) groups excluding carboxylic acids is 1. The zero-order valence-electron chi connectivity index (χ0n) is 15.6. The normalized spacial score (nSPS) is 10.7. The molecule has 2 aromatic carbocycles. The Labute approximate surface area is 165 Å². The Kier molecular flexibility index (Phi) is 5.83. The van der Waals surface area contributed by atoms with Crippen LogP contribution >= 0.6 is 0 Å². The van der Waals surface area contributed by atoms with Gasteiger partial charge < -0.3 is 9.47 Å². The molecule has 0 bridgehead atoms. The minimum Gasteiger partial charge on any atom is -0.497 e. The number of methoxy groups -OCH3 is 2. The van der Waals surface area contributed by atoms with E-state index in [1.54, 1.807) is 38.5 Å². The van der Waals surface area contributed by atoms with E-state index < -0.39 is 10.8 Å². The fraction of sp³-hybridized carbons (Fsp3) is 0.105. The van der Waals surface area contributed by atoms with Crippen molar-refractivity contribution in [3.63, 3.8) is 0 Å². The van der Waals surface area contributed by atoms with Crippen LogP contribution in [0.3, 0.4) is 0 Å². The van der Waals surface area contributed by atoms with Crippen molar-refractivity contribution in [1.82, 2.24) is 15.6 Å². The third-order valence-electron chi connectivity index (χ3n) is 3.99. The van der Waals surface area contributed by atoms with Crippen molar-refractivity contribution in [3.05, 3.63) is 69.9 Å². The monoisotopic (exact) mass is 395 g/mol. The Bertz CT molecular complexity index is 1060. The van der Waals surface area contributed by atoms with Crippen molar-refractivity contribution < 1.29 is 19.2 Å². The molecule has 0 spiro atoms. The molecule has 0 aliphatic heterocycles. The highest BCUT2D eigenvalue weighted by Crippen LogP contribution is 2.32. The third-order valence-corrected chi connectivity index (χ3v) is 3.99. The number of carbonyl (C=O) groups is 1. The number of hydrogen-bond acceptors (Lipinski definition) is 7. The molecule has 0 aliphatic carbocycles. The maximum atomic E-state index is 12.3. The fourth-order valence-corrected chi connectivity index (χ4v) is 2.50. The van der Waals surface area contributed by atoms with Crippen LogP contribution in [0, 0.1) is 10.1 Å². The van der Waals surface area contributed by atoms with E-state index in [1.165, 1.54) is 30.5 Å². The molecule has 148 valence electrons. The standard InChI is InChI=1S/C19H17N5O5/c1-28-14-7-8-18(29-2)15(9-14)16-10-17(22-21-16)19(25)23-20-11-12-3-5-13(6-4-12)24(26)27/h3-11H,1-2H3,(H,21,22)(H,23,25). The summed E-state index contributed by atoms with van der Waals surface area (Å²) in [5.74, 6) is 0.715. The molecule has 2 N–H and O–H groups in total. The Morgan fingerprint density at radius 3 is 2.59 bits per heavy atom. The first-order valence-corrected chi connectivity index (χ1v) is 8.37. The van der Waals surface area contributed by atoms with Gasteiger partial charge >= 0.3 is 0 Å². The number of nitrogens with one attached hydrogen (secondary N) is 2. The van der Waals surface area contributed by atoms with Gasteiger partial charge in [0.2, 0.25) is 0 Å². The van der Waals surface area contributed by atoms with E-state index in [4.69, 9.17) is 9.47 Å². The fourth-order valence-electron chi connectivity index (χ4n) is 2.50. The van der Waals surface area contributed by atoms with E-state index in [-0.39, 0.29) is 11.4 Å². The maximum absolute atomic E-state index is 12.3. The number of benzene rings is 2. The first-order chi connectivity index (χ1) is 14.0. The molecule has 0 saturated carbocycles. The highest BCUT2D eigenvalue weighted by molar-refractivity contribution is 5.94. The summed E-state index contributed by atoms with van der Waals surface area (Å²) < 4.78 is 10.5. The maximum Gasteiger partial charge on any atom is 0.289 e. The number of nitro benzene ring substituents is 1. The predicted molar refractivity (Wildman–Crippen MR) is 105 cm³/mol. The summed E-state index contributed by atoms with van der Waals surface area (Å²) in [7, 11) is 3.09. The number of hydrazone groups is 1. The zero-order valence-corrected chi connectivity index (χ0v) is 15.6. The molecule has 0 radical (unpaired) electrons. The number of non-ortho nitro benzene ring substituents is 1. The SMILES string of the molecule is COc1ccc(OC)c(-c2cc(C(=O)NN=Cc3ccc([N+](=O)[O-])cc3)[nH]n2)c1. The highest BCUT2D eigenvalue weighted by Gasteiger charge is 2.14. The second-order valence-electron chi connectivity index (χ2n) is 5.78. The van der Waals surface area contributed by atoms with Crippen LogP contribution in [0.1, 0.15) is 16.1 Å². The van der Waals surface area contributed by atoms with E-state index >= 15 is 0 Å². The molecule has 0 unspecified atom stereocenters. The van der Waals surface area contributed by atoms with Crippen LogP contribution in [0.4, 0.5) is 5.69 Å². The topological polar surface area (TPSA) is 132 Å². The molecule has 3 rings (SSSR count). The van der Waals surface area contributed by atoms with Crippen LogP contribution in [-0.4, -0.2) is 41.5 Å². The molecule has 0 saturated heterocycles. The lowest BCUT2D eigenvalue weighted by Crippen LogP contribution is -2.17. The number of hydrogen-bond donors (Lipinski definition) is 2. The number of aromatic nitrogens is 2. The lowest BCUT2D eigenvalue weighted by atomic mass is 10.1. The number of ether oxygens (including phenoxy) is 2. The van der Waals surface area contributed by atoms with E-state index in [2.05, 4.69) is 20.7 Å². The molecule has 0 fully saturated rings. The first-order valence-electron chi connectivity index (χ1n) is 8.37. The van der Waals surface area contributed by atoms with Gasteiger partial charge in [-0.15, -0.1) is 0 Å². The summed E-state index contributed by atoms with van der Waals surface area (Å²) >= 11 is 0. The first kappa shape index (κ1) is 19.5. The number of nitrogens with zero attached hydrogens (tertiary/aromatic N) is 3. The number of aromatic amines is 1. The van der Waals surface area contributed by atoms with Crippen LogP contribution in [-0.2, 0) is 0 Å². The average Bonchev–Trinajstić information content (AvgIpc) is 3.23. The number of amides is 1. The second kappa shape index (κ2) is 8.65. The van der Waals surface area contributed by atoms with Gasteiger partial charge in [-0.1, -0.05) is 0 Å². The molecule has 10 nitrogen and oxygen atoms in total. The minimum absolute atomic E-state index is 0.0239. The number of rotatable bonds is 7. The van der Waals surface area contributed by atoms with Crippen LogP contribution < -0.4 is 14.9 Å². The van der Waals surface area contributed by atoms with Crippen molar-refractivity contribution in [2.24, 2.45) is 5.10 Å². The van der Waals surface area contributed by atoms with Gasteiger partial charge in [-0.05, 0) is 42.0 Å². The van der Waals surface area contributed by atoms with Crippen molar-refractivity contribution in [1.29, 1.82) is 0 Å². The van der Waals surface area contributed by atoms with Crippen LogP contribution in [0.5, 0.6) is 11.5 Å². The van der Waals surface area contributed by atoms with Gasteiger partial charge in [0.05, 0.1) is 31.1 Å². The molecule has 1 aromatic heterocycles. The van der Waals surface area contributed by atoms with Gasteiger partial charge in [-0.25, -0.2) is 5.43 Å². The van der Waals surface area contributed by atoms with E-state index in [1.807, 2.05) is 0 Å². The molecule has 10 heteroatoms. The zero-order chi connectivity index (χ0) is 20.8. The smallest absolute Gasteiger partial charge is 0.289 e. The van der Waals surface area contributed by atoms with E-state index in [9.17, 15) is 14.9 Å². The Morgan fingerprint density at radius 2 is 1.93 bits per heavy atom. The quantitative estimate of drug-likeness (QED) is 0.359. The summed E-state index contributed by atoms with van der Waals surface area (Å²) in [6, 6.07) is 12.6. The highest BCUT2D eigenvalue weighted by atomic mass is 16.6. The number of H-pyrrole nitrogens is 1. The number of nitro groups is 1. The average molecular weight is 395 g/mol. The van der Waals surface area contributed by atoms with E-state index in [0.29, 0.717) is 28.3 Å². The molecule has 0 atom stereocenters. The minimum atomic E-state index is -0.497. The molecule has 1 amide bonds. The molecular weight excluding hydrogens is 378 g/mol. The predicted octanol–water partition coefficient (Wildman–Crippen LogP) is 2.77. The van der Waals surface area contributed by atoms with Gasteiger partial charge in [0.1, 0.15) is 17.2 Å². The van der Waals surface area contributed by atoms with Gasteiger partial charge in [-0.2, -0.15) is 10.2 Å². The van der Waals surface area contributed by atoms with Gasteiger partial charge in [-0.3, -0.25) is 20.0 Å². The van der Waals surface area contributed by atoms with Crippen molar-refractivity contribution in [2.75, 3.05) is 14.2 Å². The van der Waals surface area contributed by atoms with Crippen LogP contribution in [0.15, 0.2) is 53.6 Å². The Balaban J connectivity index is 1.70. The summed E-state index contributed by atoms with van der Waals surface area (Å²) in [6.07, 6.45) is 1.38. The van der Waals surface area contributed by atoms with Crippen molar-refractivity contribution >= 4 is 17.8 Å². The van der Waals surface area contributed by atoms with Crippen molar-refractivity contribution in [2.45, 2.75) is 0 Å². The Morgan fingerprint density at radius 1 is 1.17 bits per heavy atom. The largest absolute Gasteiger partial charge is 0.497 e. The lowest BCUT2D eigenvalue weighted by Gasteiger charge is -2.08. The summed E-state index contributed by atoms with van der Waals surface area (Å²) in [5, 5.41) is 21.3. The van der Waals surface area contributed by atoms with Crippen LogP contribution in [0.2, 0.25) is 0 Å². The molecule has 29 heavy (non-hydrogen) atoms. The van der Waals surface area contributed by atoms with Crippen LogP contribution in [0.25, 0.3) is 11.3 Å². The summed E-state index contributed by atoms with van der Waals surface area (Å²) in [5.41, 5.74) is 4.31. The van der Waals surface area contributed by atoms with Gasteiger partial charge in [0, 0.05) is 17.7 Å². The summed E-state index contributed by atoms with van der Waals surface area (Å²) in [6.45, 7) is 0. The lowest BCUT2D eigenvalue weighted by molar-refractivity contribution is -0.384. The summed E-state index contributed by atoms with van der Waals surface area (Å²) in [4.78, 5) is 22.4. The van der Waals surface area contributed by atoms with E-state index in [0.717, 1.165) is 0 Å². The Hall–Kier alpha value is -4.21. The van der Waals surface area contributed by atoms with Gasteiger partial charge in [0.25, 0.3) is 11.6 Å². The van der Waals surface area contributed by atoms with Crippen molar-refractivity contribution in [3.8, 4) is 22.8 Å². The van der Waals surface area contributed by atoms with Gasteiger partial charge in [0.15, 0.2) is 0 Å². The molecule has 3 aromatic rings. The molecule has 1 heterocycles. The molecule has 0 aliphatic rings. The third kappa shape index (κ3) is 4.56. The second-order valence-corrected chi connectivity index (χ2v) is 5.78. The molecular formula is C19H17N5O5.